The molecule has 2 N–H and O–H groups in total. The molecule has 1 aromatic rings. The third-order valence-electron chi connectivity index (χ3n) is 3.58. The van der Waals surface area contributed by atoms with Gasteiger partial charge in [0.25, 0.3) is 0 Å². The standard InChI is InChI=1S/C13H20N2O3S/c1-9-4-5-12(14)13(11(9)3)19(16,17)15-6-7-18-8-10(15)2/h4-5,10H,6-8,14H2,1-3H3. The van der Waals surface area contributed by atoms with Gasteiger partial charge in [-0.25, -0.2) is 8.42 Å². The van der Waals surface area contributed by atoms with E-state index in [9.17, 15) is 8.42 Å². The van der Waals surface area contributed by atoms with E-state index in [1.807, 2.05) is 19.9 Å². The van der Waals surface area contributed by atoms with E-state index in [0.29, 0.717) is 25.4 Å². The van der Waals surface area contributed by atoms with E-state index in [1.165, 1.54) is 4.31 Å². The summed E-state index contributed by atoms with van der Waals surface area (Å²) in [6, 6.07) is 3.32. The van der Waals surface area contributed by atoms with Gasteiger partial charge < -0.3 is 10.5 Å². The molecule has 1 aliphatic rings. The third-order valence-corrected chi connectivity index (χ3v) is 5.80. The van der Waals surface area contributed by atoms with Gasteiger partial charge in [0.1, 0.15) is 4.90 Å². The van der Waals surface area contributed by atoms with Crippen LogP contribution in [0.1, 0.15) is 18.1 Å². The summed E-state index contributed by atoms with van der Waals surface area (Å²) in [5.74, 6) is 0. The normalized spacial score (nSPS) is 21.5. The predicted octanol–water partition coefficient (Wildman–Crippen LogP) is 1.30. The lowest BCUT2D eigenvalue weighted by Crippen LogP contribution is -2.47. The minimum absolute atomic E-state index is 0.168. The van der Waals surface area contributed by atoms with Crippen LogP contribution >= 0.6 is 0 Å². The molecule has 106 valence electrons. The molecule has 6 heteroatoms. The van der Waals surface area contributed by atoms with Crippen LogP contribution in [0.25, 0.3) is 0 Å². The molecule has 5 nitrogen and oxygen atoms in total. The minimum atomic E-state index is -3.57. The van der Waals surface area contributed by atoms with Crippen molar-refractivity contribution in [2.45, 2.75) is 31.7 Å². The SMILES string of the molecule is Cc1ccc(N)c(S(=O)(=O)N2CCOCC2C)c1C. The molecule has 0 bridgehead atoms. The highest BCUT2D eigenvalue weighted by atomic mass is 32.2. The zero-order valence-corrected chi connectivity index (χ0v) is 12.3. The van der Waals surface area contributed by atoms with Crippen molar-refractivity contribution >= 4 is 15.7 Å². The van der Waals surface area contributed by atoms with Gasteiger partial charge in [-0.2, -0.15) is 4.31 Å². The molecule has 1 fully saturated rings. The van der Waals surface area contributed by atoms with Crippen LogP contribution in [-0.2, 0) is 14.8 Å². The number of rotatable bonds is 2. The molecule has 1 aromatic carbocycles. The van der Waals surface area contributed by atoms with Gasteiger partial charge in [-0.3, -0.25) is 0 Å². The van der Waals surface area contributed by atoms with Crippen molar-refractivity contribution in [2.24, 2.45) is 0 Å². The summed E-state index contributed by atoms with van der Waals surface area (Å²) < 4.78 is 32.3. The van der Waals surface area contributed by atoms with E-state index in [1.54, 1.807) is 13.0 Å². The fourth-order valence-electron chi connectivity index (χ4n) is 2.34. The summed E-state index contributed by atoms with van der Waals surface area (Å²) in [6.45, 7) is 6.74. The molecule has 1 aliphatic heterocycles. The highest BCUT2D eigenvalue weighted by Crippen LogP contribution is 2.29. The van der Waals surface area contributed by atoms with Crippen molar-refractivity contribution in [3.05, 3.63) is 23.3 Å². The maximum Gasteiger partial charge on any atom is 0.245 e. The zero-order chi connectivity index (χ0) is 14.2. The number of benzene rings is 1. The van der Waals surface area contributed by atoms with Crippen LogP contribution in [0, 0.1) is 13.8 Å². The Bertz CT molecular complexity index is 584. The number of nitrogens with two attached hydrogens (primary N) is 1. The lowest BCUT2D eigenvalue weighted by atomic mass is 10.1. The number of nitrogen functional groups attached to an aromatic ring is 1. The molecule has 0 aliphatic carbocycles. The summed E-state index contributed by atoms with van der Waals surface area (Å²) in [7, 11) is -3.57. The van der Waals surface area contributed by atoms with E-state index >= 15 is 0 Å². The number of ether oxygens (including phenoxy) is 1. The van der Waals surface area contributed by atoms with Crippen molar-refractivity contribution in [1.29, 1.82) is 0 Å². The molecule has 0 aromatic heterocycles. The van der Waals surface area contributed by atoms with Gasteiger partial charge in [0, 0.05) is 12.6 Å². The van der Waals surface area contributed by atoms with E-state index in [-0.39, 0.29) is 10.9 Å². The van der Waals surface area contributed by atoms with Gasteiger partial charge in [-0.05, 0) is 38.0 Å². The van der Waals surface area contributed by atoms with Gasteiger partial charge in [-0.15, -0.1) is 0 Å². The Labute approximate surface area is 114 Å². The van der Waals surface area contributed by atoms with E-state index < -0.39 is 10.0 Å². The van der Waals surface area contributed by atoms with Gasteiger partial charge in [0.15, 0.2) is 0 Å². The molecule has 0 spiro atoms. The number of hydrogen-bond donors (Lipinski definition) is 1. The van der Waals surface area contributed by atoms with Crippen molar-refractivity contribution in [1.82, 2.24) is 4.31 Å². The fraction of sp³-hybridized carbons (Fsp3) is 0.538. The minimum Gasteiger partial charge on any atom is -0.398 e. The fourth-order valence-corrected chi connectivity index (χ4v) is 4.34. The topological polar surface area (TPSA) is 72.6 Å². The first kappa shape index (κ1) is 14.3. The van der Waals surface area contributed by atoms with Crippen molar-refractivity contribution < 1.29 is 13.2 Å². The van der Waals surface area contributed by atoms with E-state index in [4.69, 9.17) is 10.5 Å². The first-order chi connectivity index (χ1) is 8.85. The molecule has 19 heavy (non-hydrogen) atoms. The number of aryl methyl sites for hydroxylation is 1. The Morgan fingerprint density at radius 1 is 1.37 bits per heavy atom. The van der Waals surface area contributed by atoms with Crippen LogP contribution in [0.2, 0.25) is 0 Å². The lowest BCUT2D eigenvalue weighted by molar-refractivity contribution is 0.0393. The number of hydrogen-bond acceptors (Lipinski definition) is 4. The van der Waals surface area contributed by atoms with Crippen LogP contribution in [-0.4, -0.2) is 38.5 Å². The molecule has 2 rings (SSSR count). The highest BCUT2D eigenvalue weighted by Gasteiger charge is 2.34. The molecule has 0 amide bonds. The largest absolute Gasteiger partial charge is 0.398 e. The quantitative estimate of drug-likeness (QED) is 0.831. The number of morpholine rings is 1. The van der Waals surface area contributed by atoms with E-state index in [0.717, 1.165) is 11.1 Å². The maximum atomic E-state index is 12.8. The van der Waals surface area contributed by atoms with Gasteiger partial charge in [0.2, 0.25) is 10.0 Å². The number of sulfonamides is 1. The Balaban J connectivity index is 2.53. The Hall–Kier alpha value is -1.11. The second-order valence-electron chi connectivity index (χ2n) is 4.97. The van der Waals surface area contributed by atoms with Crippen LogP contribution < -0.4 is 5.73 Å². The summed E-state index contributed by atoms with van der Waals surface area (Å²) in [4.78, 5) is 0.237. The van der Waals surface area contributed by atoms with Crippen LogP contribution in [0.4, 0.5) is 5.69 Å². The van der Waals surface area contributed by atoms with Gasteiger partial charge >= 0.3 is 0 Å². The molecule has 1 saturated heterocycles. The average Bonchev–Trinajstić information content (AvgIpc) is 2.34. The maximum absolute atomic E-state index is 12.8. The zero-order valence-electron chi connectivity index (χ0n) is 11.5. The molecule has 1 atom stereocenters. The molecule has 0 saturated carbocycles. The van der Waals surface area contributed by atoms with Crippen LogP contribution in [0.3, 0.4) is 0 Å². The van der Waals surface area contributed by atoms with Gasteiger partial charge in [0.05, 0.1) is 18.9 Å². The monoisotopic (exact) mass is 284 g/mol. The summed E-state index contributed by atoms with van der Waals surface area (Å²) in [6.07, 6.45) is 0. The van der Waals surface area contributed by atoms with Crippen LogP contribution in [0.15, 0.2) is 17.0 Å². The van der Waals surface area contributed by atoms with E-state index in [2.05, 4.69) is 0 Å². The second kappa shape index (κ2) is 5.11. The number of anilines is 1. The molecular weight excluding hydrogens is 264 g/mol. The first-order valence-corrected chi connectivity index (χ1v) is 7.75. The van der Waals surface area contributed by atoms with Crippen molar-refractivity contribution in [3.8, 4) is 0 Å². The third kappa shape index (κ3) is 2.48. The predicted molar refractivity (Wildman–Crippen MR) is 74.5 cm³/mol. The Morgan fingerprint density at radius 3 is 2.68 bits per heavy atom. The van der Waals surface area contributed by atoms with Gasteiger partial charge in [-0.1, -0.05) is 6.07 Å². The molecular formula is C13H20N2O3S. The first-order valence-electron chi connectivity index (χ1n) is 6.31. The van der Waals surface area contributed by atoms with Crippen molar-refractivity contribution in [3.63, 3.8) is 0 Å². The number of nitrogens with zero attached hydrogens (tertiary/aromatic N) is 1. The van der Waals surface area contributed by atoms with Crippen molar-refractivity contribution in [2.75, 3.05) is 25.5 Å². The Kier molecular flexibility index (Phi) is 3.85. The Morgan fingerprint density at radius 2 is 2.05 bits per heavy atom. The second-order valence-corrected chi connectivity index (χ2v) is 6.79. The summed E-state index contributed by atoms with van der Waals surface area (Å²) in [5, 5.41) is 0. The smallest absolute Gasteiger partial charge is 0.245 e. The summed E-state index contributed by atoms with van der Waals surface area (Å²) >= 11 is 0. The molecule has 1 unspecified atom stereocenters. The average molecular weight is 284 g/mol. The molecule has 0 radical (unpaired) electrons. The lowest BCUT2D eigenvalue weighted by Gasteiger charge is -2.33. The summed E-state index contributed by atoms with van der Waals surface area (Å²) in [5.41, 5.74) is 7.84. The highest BCUT2D eigenvalue weighted by molar-refractivity contribution is 7.89. The molecule has 1 heterocycles. The van der Waals surface area contributed by atoms with Crippen LogP contribution in [0.5, 0.6) is 0 Å².